The number of hydrogen-bond donors (Lipinski definition) is 2. The van der Waals surface area contributed by atoms with E-state index in [1.807, 2.05) is 31.7 Å². The number of hydrogen-bond acceptors (Lipinski definition) is 7. The average Bonchev–Trinajstić information content (AvgIpc) is 3.07. The van der Waals surface area contributed by atoms with Crippen molar-refractivity contribution in [1.82, 2.24) is 20.4 Å². The molecule has 0 saturated carbocycles. The number of pyridine rings is 1. The van der Waals surface area contributed by atoms with Crippen LogP contribution < -0.4 is 10.2 Å². The van der Waals surface area contributed by atoms with Crippen molar-refractivity contribution in [3.8, 4) is 0 Å². The minimum Gasteiger partial charge on any atom is -0.391 e. The number of aliphatic hydroxyl groups excluding tert-OH is 1. The smallest absolute Gasteiger partial charge is 0.270 e. The molecule has 1 fully saturated rings. The molecular weight excluding hydrogens is 322 g/mol. The van der Waals surface area contributed by atoms with Gasteiger partial charge in [0.1, 0.15) is 5.69 Å². The number of anilines is 1. The first-order valence-corrected chi connectivity index (χ1v) is 8.45. The van der Waals surface area contributed by atoms with Gasteiger partial charge in [0.05, 0.1) is 12.1 Å². The van der Waals surface area contributed by atoms with Gasteiger partial charge in [-0.05, 0) is 30.6 Å². The molecule has 0 aromatic carbocycles. The van der Waals surface area contributed by atoms with Gasteiger partial charge >= 0.3 is 0 Å². The Bertz CT molecular complexity index is 745. The maximum Gasteiger partial charge on any atom is 0.270 e. The molecule has 1 amide bonds. The van der Waals surface area contributed by atoms with E-state index in [1.54, 1.807) is 12.1 Å². The van der Waals surface area contributed by atoms with Crippen LogP contribution >= 0.6 is 0 Å². The third kappa shape index (κ3) is 3.96. The number of amides is 1. The Morgan fingerprint density at radius 3 is 2.88 bits per heavy atom. The van der Waals surface area contributed by atoms with Gasteiger partial charge in [-0.25, -0.2) is 4.98 Å². The lowest BCUT2D eigenvalue weighted by Crippen LogP contribution is -2.55. The maximum atomic E-state index is 12.4. The molecule has 134 valence electrons. The second-order valence-corrected chi connectivity index (χ2v) is 6.63. The number of rotatable bonds is 4. The predicted molar refractivity (Wildman–Crippen MR) is 91.5 cm³/mol. The zero-order chi connectivity index (χ0) is 18.0. The van der Waals surface area contributed by atoms with E-state index in [-0.39, 0.29) is 11.8 Å². The summed E-state index contributed by atoms with van der Waals surface area (Å²) in [6, 6.07) is 4.85. The number of carbonyl (C=O) groups is 1. The van der Waals surface area contributed by atoms with Crippen LogP contribution in [-0.4, -0.2) is 51.4 Å². The van der Waals surface area contributed by atoms with E-state index in [2.05, 4.69) is 20.4 Å². The summed E-state index contributed by atoms with van der Waals surface area (Å²) >= 11 is 0. The second kappa shape index (κ2) is 7.18. The summed E-state index contributed by atoms with van der Waals surface area (Å²) in [5, 5.41) is 17.1. The highest BCUT2D eigenvalue weighted by Gasteiger charge is 2.31. The van der Waals surface area contributed by atoms with E-state index in [0.29, 0.717) is 37.0 Å². The molecule has 3 heterocycles. The van der Waals surface area contributed by atoms with Gasteiger partial charge in [0.2, 0.25) is 5.89 Å². The van der Waals surface area contributed by atoms with E-state index in [1.165, 1.54) is 0 Å². The molecule has 8 heteroatoms. The van der Waals surface area contributed by atoms with Crippen LogP contribution in [0.25, 0.3) is 0 Å². The highest BCUT2D eigenvalue weighted by molar-refractivity contribution is 5.92. The fraction of sp³-hybridized carbons (Fsp3) is 0.529. The summed E-state index contributed by atoms with van der Waals surface area (Å²) in [4.78, 5) is 22.9. The van der Waals surface area contributed by atoms with Crippen LogP contribution in [0.3, 0.4) is 0 Å². The standard InChI is InChI=1S/C17H23N5O3/c1-10(2)16-20-17(21-25-16)22-8-7-14(23)13(9-22)19-15(24)12-6-4-5-11(3)18-12/h4-6,10,13-14,23H,7-9H2,1-3H3,(H,19,24)/t13-,14-/m1/s1. The van der Waals surface area contributed by atoms with Crippen LogP contribution in [0.5, 0.6) is 0 Å². The summed E-state index contributed by atoms with van der Waals surface area (Å²) in [7, 11) is 0. The first kappa shape index (κ1) is 17.3. The average molecular weight is 345 g/mol. The Balaban J connectivity index is 1.69. The van der Waals surface area contributed by atoms with Gasteiger partial charge in [-0.1, -0.05) is 19.9 Å². The molecule has 0 bridgehead atoms. The van der Waals surface area contributed by atoms with Gasteiger partial charge in [-0.15, -0.1) is 0 Å². The topological polar surface area (TPSA) is 104 Å². The fourth-order valence-electron chi connectivity index (χ4n) is 2.76. The van der Waals surface area contributed by atoms with Crippen LogP contribution in [0.1, 0.15) is 48.3 Å². The minimum absolute atomic E-state index is 0.152. The number of aryl methyl sites for hydroxylation is 1. The molecule has 8 nitrogen and oxygen atoms in total. The maximum absolute atomic E-state index is 12.4. The van der Waals surface area contributed by atoms with Crippen molar-refractivity contribution < 1.29 is 14.4 Å². The van der Waals surface area contributed by atoms with Crippen molar-refractivity contribution >= 4 is 11.9 Å². The largest absolute Gasteiger partial charge is 0.391 e. The lowest BCUT2D eigenvalue weighted by Gasteiger charge is -2.35. The number of piperidine rings is 1. The van der Waals surface area contributed by atoms with Gasteiger partial charge in [-0.2, -0.15) is 4.98 Å². The highest BCUT2D eigenvalue weighted by atomic mass is 16.5. The van der Waals surface area contributed by atoms with E-state index < -0.39 is 12.1 Å². The number of nitrogens with one attached hydrogen (secondary N) is 1. The molecule has 2 aromatic heterocycles. The van der Waals surface area contributed by atoms with E-state index >= 15 is 0 Å². The molecule has 0 aliphatic carbocycles. The van der Waals surface area contributed by atoms with Gasteiger partial charge in [-0.3, -0.25) is 4.79 Å². The first-order chi connectivity index (χ1) is 11.9. The summed E-state index contributed by atoms with van der Waals surface area (Å²) < 4.78 is 5.24. The molecule has 3 rings (SSSR count). The number of carbonyl (C=O) groups excluding carboxylic acids is 1. The van der Waals surface area contributed by atoms with E-state index in [9.17, 15) is 9.90 Å². The van der Waals surface area contributed by atoms with Crippen LogP contribution in [0.15, 0.2) is 22.7 Å². The normalized spacial score (nSPS) is 20.8. The Hall–Kier alpha value is -2.48. The van der Waals surface area contributed by atoms with Gasteiger partial charge in [0.15, 0.2) is 0 Å². The van der Waals surface area contributed by atoms with Crippen molar-refractivity contribution in [2.24, 2.45) is 0 Å². The SMILES string of the molecule is Cc1cccc(C(=O)N[C@@H]2CN(c3noc(C(C)C)n3)CC[C@H]2O)n1. The minimum atomic E-state index is -0.624. The number of nitrogens with zero attached hydrogens (tertiary/aromatic N) is 4. The third-order valence-electron chi connectivity index (χ3n) is 4.22. The quantitative estimate of drug-likeness (QED) is 0.859. The molecule has 1 aliphatic heterocycles. The molecule has 1 saturated heterocycles. The Morgan fingerprint density at radius 1 is 1.40 bits per heavy atom. The monoisotopic (exact) mass is 345 g/mol. The molecule has 25 heavy (non-hydrogen) atoms. The molecular formula is C17H23N5O3. The summed E-state index contributed by atoms with van der Waals surface area (Å²) in [5.74, 6) is 0.916. The van der Waals surface area contributed by atoms with Crippen LogP contribution in [0.4, 0.5) is 5.95 Å². The Kier molecular flexibility index (Phi) is 4.98. The lowest BCUT2D eigenvalue weighted by atomic mass is 10.0. The van der Waals surface area contributed by atoms with E-state index in [4.69, 9.17) is 4.52 Å². The van der Waals surface area contributed by atoms with Gasteiger partial charge in [0, 0.05) is 24.7 Å². The summed E-state index contributed by atoms with van der Waals surface area (Å²) in [5.41, 5.74) is 1.11. The number of aromatic nitrogens is 3. The first-order valence-electron chi connectivity index (χ1n) is 8.45. The Labute approximate surface area is 146 Å². The van der Waals surface area contributed by atoms with Crippen molar-refractivity contribution in [3.05, 3.63) is 35.5 Å². The zero-order valence-corrected chi connectivity index (χ0v) is 14.6. The van der Waals surface area contributed by atoms with Crippen LogP contribution in [0.2, 0.25) is 0 Å². The predicted octanol–water partition coefficient (Wildman–Crippen LogP) is 1.27. The van der Waals surface area contributed by atoms with Crippen molar-refractivity contribution in [2.75, 3.05) is 18.0 Å². The van der Waals surface area contributed by atoms with Crippen LogP contribution in [-0.2, 0) is 0 Å². The van der Waals surface area contributed by atoms with Gasteiger partial charge in [0.25, 0.3) is 11.9 Å². The zero-order valence-electron chi connectivity index (χ0n) is 14.6. The van der Waals surface area contributed by atoms with Gasteiger partial charge < -0.3 is 19.8 Å². The van der Waals surface area contributed by atoms with E-state index in [0.717, 1.165) is 5.69 Å². The van der Waals surface area contributed by atoms with Crippen molar-refractivity contribution in [2.45, 2.75) is 45.3 Å². The Morgan fingerprint density at radius 2 is 2.20 bits per heavy atom. The molecule has 2 aromatic rings. The molecule has 0 unspecified atom stereocenters. The van der Waals surface area contributed by atoms with Crippen molar-refractivity contribution in [3.63, 3.8) is 0 Å². The second-order valence-electron chi connectivity index (χ2n) is 6.63. The molecule has 2 atom stereocenters. The molecule has 0 radical (unpaired) electrons. The molecule has 2 N–H and O–H groups in total. The third-order valence-corrected chi connectivity index (χ3v) is 4.22. The summed E-state index contributed by atoms with van der Waals surface area (Å²) in [6.07, 6.45) is -0.112. The lowest BCUT2D eigenvalue weighted by molar-refractivity contribution is 0.0780. The number of aliphatic hydroxyl groups is 1. The molecule has 1 aliphatic rings. The fourth-order valence-corrected chi connectivity index (χ4v) is 2.76. The van der Waals surface area contributed by atoms with Crippen molar-refractivity contribution in [1.29, 1.82) is 0 Å². The summed E-state index contributed by atoms with van der Waals surface area (Å²) in [6.45, 7) is 6.81. The highest BCUT2D eigenvalue weighted by Crippen LogP contribution is 2.20. The van der Waals surface area contributed by atoms with Crippen LogP contribution in [0, 0.1) is 6.92 Å². The molecule has 0 spiro atoms.